The van der Waals surface area contributed by atoms with Crippen molar-refractivity contribution >= 4 is 23.3 Å². The molecular formula is C12H15N5O3S. The number of carboxylic acids is 1. The molecule has 0 bridgehead atoms. The number of hydrogen-bond acceptors (Lipinski definition) is 5. The highest BCUT2D eigenvalue weighted by atomic mass is 32.1. The Labute approximate surface area is 124 Å². The highest BCUT2D eigenvalue weighted by Crippen LogP contribution is 2.15. The first-order valence-corrected chi connectivity index (χ1v) is 7.03. The van der Waals surface area contributed by atoms with Gasteiger partial charge in [0.05, 0.1) is 12.2 Å². The molecule has 2 aromatic rings. The van der Waals surface area contributed by atoms with Crippen LogP contribution in [0.3, 0.4) is 0 Å². The molecule has 2 aromatic heterocycles. The van der Waals surface area contributed by atoms with Crippen LogP contribution in [0.2, 0.25) is 0 Å². The van der Waals surface area contributed by atoms with Crippen molar-refractivity contribution in [3.05, 3.63) is 34.5 Å². The molecule has 112 valence electrons. The Balaban J connectivity index is 2.00. The van der Waals surface area contributed by atoms with Crippen molar-refractivity contribution < 1.29 is 14.7 Å². The van der Waals surface area contributed by atoms with Crippen molar-refractivity contribution in [1.29, 1.82) is 0 Å². The number of aliphatic carboxylic acids is 1. The normalized spacial score (nSPS) is 13.4. The molecule has 0 saturated carbocycles. The van der Waals surface area contributed by atoms with Crippen molar-refractivity contribution in [3.63, 3.8) is 0 Å². The highest BCUT2D eigenvalue weighted by Gasteiger charge is 2.24. The number of carbonyl (C=O) groups excluding carboxylic acids is 1. The number of rotatable bonds is 5. The summed E-state index contributed by atoms with van der Waals surface area (Å²) >= 11 is 1.41. The fourth-order valence-electron chi connectivity index (χ4n) is 1.76. The van der Waals surface area contributed by atoms with E-state index >= 15 is 0 Å². The van der Waals surface area contributed by atoms with Crippen LogP contribution in [0.5, 0.6) is 0 Å². The lowest BCUT2D eigenvalue weighted by molar-refractivity contribution is -0.139. The van der Waals surface area contributed by atoms with E-state index in [4.69, 9.17) is 0 Å². The van der Waals surface area contributed by atoms with Crippen LogP contribution < -0.4 is 10.6 Å². The molecule has 2 amide bonds. The lowest BCUT2D eigenvalue weighted by Gasteiger charge is -2.16. The van der Waals surface area contributed by atoms with Gasteiger partial charge in [0, 0.05) is 30.4 Å². The summed E-state index contributed by atoms with van der Waals surface area (Å²) in [5.41, 5.74) is 0.405. The maximum Gasteiger partial charge on any atom is 0.331 e. The molecule has 21 heavy (non-hydrogen) atoms. The van der Waals surface area contributed by atoms with E-state index in [-0.39, 0.29) is 6.04 Å². The van der Waals surface area contributed by atoms with E-state index in [1.54, 1.807) is 31.7 Å². The molecule has 2 heterocycles. The van der Waals surface area contributed by atoms with Gasteiger partial charge in [-0.15, -0.1) is 11.3 Å². The van der Waals surface area contributed by atoms with Gasteiger partial charge in [0.1, 0.15) is 5.01 Å². The number of urea groups is 1. The van der Waals surface area contributed by atoms with Crippen LogP contribution in [0.25, 0.3) is 0 Å². The van der Waals surface area contributed by atoms with Crippen LogP contribution in [0.15, 0.2) is 24.0 Å². The maximum atomic E-state index is 11.9. The SMILES string of the molecule is CC(NC(=O)NC(C(=O)O)c1cnn(C)c1)c1nccs1. The van der Waals surface area contributed by atoms with Gasteiger partial charge in [-0.1, -0.05) is 0 Å². The molecule has 9 heteroatoms. The molecule has 0 aromatic carbocycles. The summed E-state index contributed by atoms with van der Waals surface area (Å²) in [6.07, 6.45) is 4.60. The summed E-state index contributed by atoms with van der Waals surface area (Å²) in [7, 11) is 1.67. The molecule has 0 fully saturated rings. The molecule has 2 rings (SSSR count). The van der Waals surface area contributed by atoms with Gasteiger partial charge >= 0.3 is 12.0 Å². The van der Waals surface area contributed by atoms with E-state index in [2.05, 4.69) is 20.7 Å². The van der Waals surface area contributed by atoms with Gasteiger partial charge in [-0.2, -0.15) is 5.10 Å². The molecule has 0 aliphatic carbocycles. The molecule has 0 aliphatic rings. The van der Waals surface area contributed by atoms with Gasteiger partial charge in [0.25, 0.3) is 0 Å². The molecule has 0 spiro atoms. The van der Waals surface area contributed by atoms with Crippen LogP contribution in [0, 0.1) is 0 Å². The monoisotopic (exact) mass is 309 g/mol. The molecule has 0 radical (unpaired) electrons. The Kier molecular flexibility index (Phi) is 4.53. The molecule has 3 N–H and O–H groups in total. The largest absolute Gasteiger partial charge is 0.479 e. The average molecular weight is 309 g/mol. The number of thiazole rings is 1. The minimum Gasteiger partial charge on any atom is -0.479 e. The van der Waals surface area contributed by atoms with Crippen molar-refractivity contribution in [1.82, 2.24) is 25.4 Å². The Hall–Kier alpha value is -2.42. The minimum atomic E-state index is -1.15. The molecule has 8 nitrogen and oxygen atoms in total. The lowest BCUT2D eigenvalue weighted by Crippen LogP contribution is -2.41. The number of amides is 2. The van der Waals surface area contributed by atoms with Crippen molar-refractivity contribution in [3.8, 4) is 0 Å². The first-order valence-electron chi connectivity index (χ1n) is 6.15. The van der Waals surface area contributed by atoms with Crippen molar-refractivity contribution in [2.45, 2.75) is 19.0 Å². The van der Waals surface area contributed by atoms with Crippen molar-refractivity contribution in [2.24, 2.45) is 7.05 Å². The fraction of sp³-hybridized carbons (Fsp3) is 0.333. The number of aromatic nitrogens is 3. The van der Waals surface area contributed by atoms with Gasteiger partial charge in [-0.25, -0.2) is 14.6 Å². The van der Waals surface area contributed by atoms with Gasteiger partial charge in [-0.3, -0.25) is 4.68 Å². The Morgan fingerprint density at radius 1 is 1.43 bits per heavy atom. The highest BCUT2D eigenvalue weighted by molar-refractivity contribution is 7.09. The smallest absolute Gasteiger partial charge is 0.331 e. The average Bonchev–Trinajstić information content (AvgIpc) is 3.06. The van der Waals surface area contributed by atoms with Crippen LogP contribution in [0.4, 0.5) is 4.79 Å². The first kappa shape index (κ1) is 15.0. The Bertz CT molecular complexity index is 625. The quantitative estimate of drug-likeness (QED) is 0.765. The second kappa shape index (κ2) is 6.35. The predicted octanol–water partition coefficient (Wildman–Crippen LogP) is 1.06. The van der Waals surface area contributed by atoms with Crippen LogP contribution in [-0.4, -0.2) is 31.9 Å². The van der Waals surface area contributed by atoms with E-state index in [1.807, 2.05) is 0 Å². The zero-order valence-electron chi connectivity index (χ0n) is 11.5. The minimum absolute atomic E-state index is 0.298. The molecule has 2 unspecified atom stereocenters. The van der Waals surface area contributed by atoms with E-state index in [9.17, 15) is 14.7 Å². The Morgan fingerprint density at radius 2 is 2.19 bits per heavy atom. The van der Waals surface area contributed by atoms with Crippen LogP contribution in [0.1, 0.15) is 29.6 Å². The van der Waals surface area contributed by atoms with E-state index < -0.39 is 18.0 Å². The third-order valence-corrected chi connectivity index (χ3v) is 3.71. The summed E-state index contributed by atoms with van der Waals surface area (Å²) in [5.74, 6) is -1.15. The number of carboxylic acid groups (broad SMARTS) is 1. The summed E-state index contributed by atoms with van der Waals surface area (Å²) in [5, 5.41) is 20.7. The zero-order chi connectivity index (χ0) is 15.4. The van der Waals surface area contributed by atoms with Crippen molar-refractivity contribution in [2.75, 3.05) is 0 Å². The number of hydrogen-bond donors (Lipinski definition) is 3. The third kappa shape index (κ3) is 3.78. The van der Waals surface area contributed by atoms with E-state index in [1.165, 1.54) is 22.2 Å². The van der Waals surface area contributed by atoms with Gasteiger partial charge in [-0.05, 0) is 6.92 Å². The standard InChI is InChI=1S/C12H15N5O3S/c1-7(10-13-3-4-21-10)15-12(20)16-9(11(18)19)8-5-14-17(2)6-8/h3-7,9H,1-2H3,(H,18,19)(H2,15,16,20). The van der Waals surface area contributed by atoms with Crippen LogP contribution in [-0.2, 0) is 11.8 Å². The first-order chi connectivity index (χ1) is 9.97. The summed E-state index contributed by atoms with van der Waals surface area (Å²) in [6.45, 7) is 1.78. The maximum absolute atomic E-state index is 11.9. The van der Waals surface area contributed by atoms with Gasteiger partial charge in [0.2, 0.25) is 0 Å². The molecular weight excluding hydrogens is 294 g/mol. The third-order valence-electron chi connectivity index (χ3n) is 2.75. The number of carbonyl (C=O) groups is 2. The predicted molar refractivity (Wildman–Crippen MR) is 75.8 cm³/mol. The summed E-state index contributed by atoms with van der Waals surface area (Å²) in [6, 6.07) is -2.02. The zero-order valence-corrected chi connectivity index (χ0v) is 12.3. The summed E-state index contributed by atoms with van der Waals surface area (Å²) < 4.78 is 1.48. The Morgan fingerprint density at radius 3 is 2.71 bits per heavy atom. The van der Waals surface area contributed by atoms with Gasteiger partial charge < -0.3 is 15.7 Å². The van der Waals surface area contributed by atoms with Crippen LogP contribution >= 0.6 is 11.3 Å². The second-order valence-corrected chi connectivity index (χ2v) is 5.35. The number of aryl methyl sites for hydroxylation is 1. The second-order valence-electron chi connectivity index (χ2n) is 4.43. The number of nitrogens with one attached hydrogen (secondary N) is 2. The topological polar surface area (TPSA) is 109 Å². The fourth-order valence-corrected chi connectivity index (χ4v) is 2.40. The molecule has 0 saturated heterocycles. The lowest BCUT2D eigenvalue weighted by atomic mass is 10.1. The van der Waals surface area contributed by atoms with E-state index in [0.717, 1.165) is 5.01 Å². The number of nitrogens with zero attached hydrogens (tertiary/aromatic N) is 3. The summed E-state index contributed by atoms with van der Waals surface area (Å²) in [4.78, 5) is 27.3. The van der Waals surface area contributed by atoms with E-state index in [0.29, 0.717) is 5.56 Å². The molecule has 2 atom stereocenters. The van der Waals surface area contributed by atoms with Gasteiger partial charge in [0.15, 0.2) is 6.04 Å². The molecule has 0 aliphatic heterocycles.